The Hall–Kier alpha value is -2.37. The summed E-state index contributed by atoms with van der Waals surface area (Å²) in [5.41, 5.74) is 1.92. The summed E-state index contributed by atoms with van der Waals surface area (Å²) in [7, 11) is 0. The topological polar surface area (TPSA) is 69.7 Å². The van der Waals surface area contributed by atoms with Gasteiger partial charge in [-0.05, 0) is 86.8 Å². The number of carbonyl (C=O) groups excluding carboxylic acids is 3. The fourth-order valence-electron chi connectivity index (χ4n) is 7.78. The summed E-state index contributed by atoms with van der Waals surface area (Å²) in [5.74, 6) is 2.83. The summed E-state index contributed by atoms with van der Waals surface area (Å²) in [6.45, 7) is 1.69. The maximum atomic E-state index is 13.2. The average molecular weight is 436 g/mol. The highest BCUT2D eigenvalue weighted by molar-refractivity contribution is 6.04. The van der Waals surface area contributed by atoms with Crippen molar-refractivity contribution in [3.05, 3.63) is 29.8 Å². The number of benzene rings is 1. The maximum Gasteiger partial charge on any atom is 0.327 e. The van der Waals surface area contributed by atoms with Gasteiger partial charge in [0.25, 0.3) is 5.91 Å². The van der Waals surface area contributed by atoms with Gasteiger partial charge >= 0.3 is 6.03 Å². The zero-order valence-corrected chi connectivity index (χ0v) is 18.7. The van der Waals surface area contributed by atoms with E-state index in [1.54, 1.807) is 4.90 Å². The molecule has 1 aromatic rings. The predicted molar refractivity (Wildman–Crippen MR) is 121 cm³/mol. The van der Waals surface area contributed by atoms with Crippen LogP contribution in [0.2, 0.25) is 0 Å². The number of hydrogen-bond acceptors (Lipinski definition) is 4. The lowest BCUT2D eigenvalue weighted by atomic mass is 9.48. The number of Topliss-reactive ketones (excluding diaryl/α,β-unsaturated/α-hetero) is 1. The molecule has 3 amide bonds. The third-order valence-corrected chi connectivity index (χ3v) is 8.89. The summed E-state index contributed by atoms with van der Waals surface area (Å²) in [5, 5.41) is 3.40. The Morgan fingerprint density at radius 2 is 1.66 bits per heavy atom. The minimum atomic E-state index is -0.241. The van der Waals surface area contributed by atoms with Gasteiger partial charge in [0.15, 0.2) is 0 Å². The van der Waals surface area contributed by atoms with Crippen LogP contribution in [0.4, 0.5) is 10.5 Å². The number of ketones is 1. The van der Waals surface area contributed by atoms with E-state index in [0.29, 0.717) is 31.8 Å². The third kappa shape index (κ3) is 3.34. The summed E-state index contributed by atoms with van der Waals surface area (Å²) in [6, 6.07) is 7.51. The number of urea groups is 1. The van der Waals surface area contributed by atoms with Crippen LogP contribution in [0, 0.1) is 23.2 Å². The van der Waals surface area contributed by atoms with Crippen molar-refractivity contribution in [1.29, 1.82) is 0 Å². The molecule has 1 unspecified atom stereocenters. The zero-order chi connectivity index (χ0) is 21.9. The standard InChI is InChI=1S/C26H33N3O3/c30-23(26-13-18-10-19(14-26)12-20(11-18)15-26)7-8-27-21-5-3-17(4-6-21)16-29-24(31)22-2-1-9-28(22)25(29)32/h3-6,18-20,22,27H,1-2,7-16H2. The van der Waals surface area contributed by atoms with Gasteiger partial charge in [0.05, 0.1) is 6.54 Å². The molecular weight excluding hydrogens is 402 g/mol. The highest BCUT2D eigenvalue weighted by atomic mass is 16.2. The normalized spacial score (nSPS) is 35.0. The molecule has 4 bridgehead atoms. The van der Waals surface area contributed by atoms with Crippen LogP contribution in [0.25, 0.3) is 0 Å². The first-order valence-corrected chi connectivity index (χ1v) is 12.5. The molecule has 0 spiro atoms. The lowest BCUT2D eigenvalue weighted by molar-refractivity contribution is -0.143. The second kappa shape index (κ2) is 7.60. The molecule has 2 aliphatic heterocycles. The Morgan fingerprint density at radius 3 is 2.28 bits per heavy atom. The van der Waals surface area contributed by atoms with Gasteiger partial charge in [-0.1, -0.05) is 12.1 Å². The predicted octanol–water partition coefficient (Wildman–Crippen LogP) is 4.20. The number of hydrogen-bond donors (Lipinski definition) is 1. The monoisotopic (exact) mass is 435 g/mol. The Labute approximate surface area is 189 Å². The number of anilines is 1. The Morgan fingerprint density at radius 1 is 1.00 bits per heavy atom. The molecule has 1 atom stereocenters. The smallest absolute Gasteiger partial charge is 0.327 e. The van der Waals surface area contributed by atoms with Crippen LogP contribution in [0.3, 0.4) is 0 Å². The summed E-state index contributed by atoms with van der Waals surface area (Å²) in [4.78, 5) is 41.3. The Bertz CT molecular complexity index is 883. The van der Waals surface area contributed by atoms with Crippen LogP contribution in [0.15, 0.2) is 24.3 Å². The van der Waals surface area contributed by atoms with E-state index in [1.165, 1.54) is 24.2 Å². The lowest BCUT2D eigenvalue weighted by Gasteiger charge is -2.56. The van der Waals surface area contributed by atoms with Crippen molar-refractivity contribution < 1.29 is 14.4 Å². The van der Waals surface area contributed by atoms with Crippen molar-refractivity contribution in [2.45, 2.75) is 70.4 Å². The fraction of sp³-hybridized carbons (Fsp3) is 0.654. The van der Waals surface area contributed by atoms with Crippen molar-refractivity contribution in [2.75, 3.05) is 18.4 Å². The zero-order valence-electron chi connectivity index (χ0n) is 18.7. The van der Waals surface area contributed by atoms with Crippen LogP contribution in [0.5, 0.6) is 0 Å². The molecular formula is C26H33N3O3. The molecule has 0 aromatic heterocycles. The molecule has 6 heteroatoms. The fourth-order valence-corrected chi connectivity index (χ4v) is 7.78. The van der Waals surface area contributed by atoms with Gasteiger partial charge in [-0.25, -0.2) is 4.79 Å². The summed E-state index contributed by atoms with van der Waals surface area (Å²) < 4.78 is 0. The van der Waals surface area contributed by atoms with E-state index < -0.39 is 0 Å². The first kappa shape index (κ1) is 20.3. The van der Waals surface area contributed by atoms with Crippen LogP contribution < -0.4 is 5.32 Å². The van der Waals surface area contributed by atoms with Crippen LogP contribution in [-0.4, -0.2) is 46.7 Å². The number of amides is 3. The number of rotatable bonds is 7. The molecule has 1 aromatic carbocycles. The van der Waals surface area contributed by atoms with E-state index in [0.717, 1.165) is 61.1 Å². The van der Waals surface area contributed by atoms with E-state index in [1.807, 2.05) is 24.3 Å². The molecule has 2 saturated heterocycles. The van der Waals surface area contributed by atoms with Crippen LogP contribution in [-0.2, 0) is 16.1 Å². The molecule has 4 saturated carbocycles. The molecule has 2 heterocycles. The van der Waals surface area contributed by atoms with Gasteiger partial charge in [-0.2, -0.15) is 0 Å². The highest BCUT2D eigenvalue weighted by Crippen LogP contribution is 2.60. The summed E-state index contributed by atoms with van der Waals surface area (Å²) >= 11 is 0. The first-order valence-electron chi connectivity index (χ1n) is 12.5. The van der Waals surface area contributed by atoms with Crippen molar-refractivity contribution in [1.82, 2.24) is 9.80 Å². The third-order valence-electron chi connectivity index (χ3n) is 8.89. The van der Waals surface area contributed by atoms with Crippen LogP contribution in [0.1, 0.15) is 63.4 Å². The minimum Gasteiger partial charge on any atom is -0.385 e. The van der Waals surface area contributed by atoms with Gasteiger partial charge in [0.1, 0.15) is 11.8 Å². The minimum absolute atomic E-state index is 0.0105. The van der Waals surface area contributed by atoms with Crippen LogP contribution >= 0.6 is 0 Å². The van der Waals surface area contributed by atoms with Gasteiger partial charge < -0.3 is 10.2 Å². The molecule has 170 valence electrons. The Balaban J connectivity index is 1.02. The molecule has 7 rings (SSSR count). The number of nitrogens with one attached hydrogen (secondary N) is 1. The summed E-state index contributed by atoms with van der Waals surface area (Å²) in [6.07, 6.45) is 9.81. The van der Waals surface area contributed by atoms with E-state index in [9.17, 15) is 14.4 Å². The highest BCUT2D eigenvalue weighted by Gasteiger charge is 2.54. The van der Waals surface area contributed by atoms with Gasteiger partial charge in [0.2, 0.25) is 0 Å². The SMILES string of the molecule is O=C1C2CCCN2C(=O)N1Cc1ccc(NCCC(=O)C23CC4CC(CC(C4)C2)C3)cc1. The molecule has 6 nitrogen and oxygen atoms in total. The van der Waals surface area contributed by atoms with Crippen molar-refractivity contribution >= 4 is 23.4 Å². The second-order valence-electron chi connectivity index (χ2n) is 11.1. The van der Waals surface area contributed by atoms with Gasteiger partial charge in [-0.15, -0.1) is 0 Å². The lowest BCUT2D eigenvalue weighted by Crippen LogP contribution is -2.50. The van der Waals surface area contributed by atoms with E-state index in [4.69, 9.17) is 0 Å². The van der Waals surface area contributed by atoms with E-state index in [-0.39, 0.29) is 23.4 Å². The molecule has 1 N–H and O–H groups in total. The quantitative estimate of drug-likeness (QED) is 0.652. The molecule has 6 fully saturated rings. The first-order chi connectivity index (χ1) is 15.5. The van der Waals surface area contributed by atoms with Crippen molar-refractivity contribution in [3.63, 3.8) is 0 Å². The van der Waals surface area contributed by atoms with E-state index >= 15 is 0 Å². The van der Waals surface area contributed by atoms with Gasteiger partial charge in [0, 0.05) is 30.6 Å². The van der Waals surface area contributed by atoms with E-state index in [2.05, 4.69) is 5.32 Å². The largest absolute Gasteiger partial charge is 0.385 e. The maximum absolute atomic E-state index is 13.2. The van der Waals surface area contributed by atoms with Gasteiger partial charge in [-0.3, -0.25) is 14.5 Å². The molecule has 6 aliphatic rings. The van der Waals surface area contributed by atoms with Crippen molar-refractivity contribution in [2.24, 2.45) is 23.2 Å². The van der Waals surface area contributed by atoms with Crippen molar-refractivity contribution in [3.8, 4) is 0 Å². The molecule has 4 aliphatic carbocycles. The Kier molecular flexibility index (Phi) is 4.81. The second-order valence-corrected chi connectivity index (χ2v) is 11.1. The molecule has 0 radical (unpaired) electrons. The number of imide groups is 1. The number of carbonyl (C=O) groups is 3. The number of nitrogens with zero attached hydrogens (tertiary/aromatic N) is 2. The number of fused-ring (bicyclic) bond motifs is 1. The molecule has 32 heavy (non-hydrogen) atoms. The average Bonchev–Trinajstić information content (AvgIpc) is 3.33.